The van der Waals surface area contributed by atoms with Gasteiger partial charge in [0.05, 0.1) is 15.7 Å². The van der Waals surface area contributed by atoms with E-state index >= 15 is 0 Å². The Hall–Kier alpha value is -1.69. The van der Waals surface area contributed by atoms with Gasteiger partial charge in [-0.15, -0.1) is 0 Å². The summed E-state index contributed by atoms with van der Waals surface area (Å²) in [5.74, 6) is 0. The van der Waals surface area contributed by atoms with Crippen LogP contribution in [0.4, 0.5) is 0 Å². The van der Waals surface area contributed by atoms with Gasteiger partial charge in [-0.1, -0.05) is 65.3 Å². The molecule has 0 fully saturated rings. The molecule has 3 rings (SSSR count). The summed E-state index contributed by atoms with van der Waals surface area (Å²) in [7, 11) is 12.5. The Morgan fingerprint density at radius 3 is 0.833 bits per heavy atom. The summed E-state index contributed by atoms with van der Waals surface area (Å²) in [6, 6.07) is 5.00. The minimum absolute atomic E-state index is 0.562. The van der Waals surface area contributed by atoms with E-state index in [4.69, 9.17) is 15.7 Å². The fourth-order valence-electron chi connectivity index (χ4n) is 5.94. The number of rotatable bonds is 8. The molecule has 0 saturated heterocycles. The topological polar surface area (TPSA) is 0 Å². The van der Waals surface area contributed by atoms with Gasteiger partial charge >= 0.3 is 0 Å². The van der Waals surface area contributed by atoms with Crippen LogP contribution in [0.1, 0.15) is 86.1 Å². The Kier molecular flexibility index (Phi) is 7.38. The molecule has 0 unspecified atom stereocenters. The molecule has 0 aliphatic carbocycles. The van der Waals surface area contributed by atoms with Crippen molar-refractivity contribution < 1.29 is 0 Å². The summed E-state index contributed by atoms with van der Waals surface area (Å²) in [6.07, 6.45) is 7.47. The van der Waals surface area contributed by atoms with Gasteiger partial charge in [0.1, 0.15) is 0 Å². The quantitative estimate of drug-likeness (QED) is 0.294. The van der Waals surface area contributed by atoms with Gasteiger partial charge in [0.2, 0.25) is 0 Å². The Labute approximate surface area is 186 Å². The maximum atomic E-state index is 6.26. The second-order valence-corrected chi connectivity index (χ2v) is 8.30. The summed E-state index contributed by atoms with van der Waals surface area (Å²) >= 11 is 0. The van der Waals surface area contributed by atoms with Crippen LogP contribution in [0.25, 0.3) is 21.5 Å². The third kappa shape index (κ3) is 3.41. The van der Waals surface area contributed by atoms with Crippen LogP contribution in [-0.2, 0) is 51.2 Å². The number of aryl methyl sites for hydroxylation is 4. The molecule has 3 aromatic carbocycles. The Morgan fingerprint density at radius 2 is 0.633 bits per heavy atom. The summed E-state index contributed by atoms with van der Waals surface area (Å²) in [5.41, 5.74) is 11.6. The van der Waals surface area contributed by atoms with E-state index in [2.05, 4.69) is 53.7 Å². The molecule has 4 radical (unpaired) electrons. The molecule has 0 bridgehead atoms. The molecule has 0 nitrogen and oxygen atoms in total. The van der Waals surface area contributed by atoms with Crippen molar-refractivity contribution >= 4 is 37.2 Å². The number of hydrogen-bond donors (Lipinski definition) is 0. The van der Waals surface area contributed by atoms with Crippen LogP contribution >= 0.6 is 0 Å². The van der Waals surface area contributed by atoms with Crippen LogP contribution in [-0.4, -0.2) is 15.7 Å². The molecular formula is C28H36B2. The molecule has 30 heavy (non-hydrogen) atoms. The number of benzene rings is 3. The molecule has 2 heteroatoms. The fourth-order valence-corrected chi connectivity index (χ4v) is 5.94. The van der Waals surface area contributed by atoms with Crippen molar-refractivity contribution in [2.75, 3.05) is 0 Å². The maximum Gasteiger partial charge on any atom is 0.0716 e. The van der Waals surface area contributed by atoms with Gasteiger partial charge in [-0.2, -0.15) is 0 Å². The van der Waals surface area contributed by atoms with Crippen LogP contribution in [0.15, 0.2) is 12.1 Å². The molecule has 0 aromatic heterocycles. The molecule has 0 N–H and O–H groups in total. The lowest BCUT2D eigenvalue weighted by Gasteiger charge is -2.25. The highest BCUT2D eigenvalue weighted by molar-refractivity contribution is 6.12. The van der Waals surface area contributed by atoms with E-state index in [1.165, 1.54) is 43.8 Å². The molecule has 0 saturated carbocycles. The zero-order valence-electron chi connectivity index (χ0n) is 20.0. The van der Waals surface area contributed by atoms with Crippen LogP contribution in [0, 0.1) is 0 Å². The Morgan fingerprint density at radius 1 is 0.400 bits per heavy atom. The predicted molar refractivity (Wildman–Crippen MR) is 137 cm³/mol. The fraction of sp³-hybridized carbons (Fsp3) is 0.500. The van der Waals surface area contributed by atoms with Crippen LogP contribution < -0.4 is 0 Å². The highest BCUT2D eigenvalue weighted by Crippen LogP contribution is 2.39. The third-order valence-corrected chi connectivity index (χ3v) is 7.17. The smallest absolute Gasteiger partial charge is 0.0638 e. The van der Waals surface area contributed by atoms with Crippen molar-refractivity contribution in [1.29, 1.82) is 0 Å². The summed E-state index contributed by atoms with van der Waals surface area (Å²) in [4.78, 5) is 0. The van der Waals surface area contributed by atoms with Gasteiger partial charge in [-0.05, 0) is 106 Å². The Bertz CT molecular complexity index is 907. The molecular weight excluding hydrogens is 358 g/mol. The lowest BCUT2D eigenvalue weighted by Crippen LogP contribution is -2.08. The average molecular weight is 394 g/mol. The first-order valence-corrected chi connectivity index (χ1v) is 12.0. The van der Waals surface area contributed by atoms with E-state index in [0.29, 0.717) is 12.6 Å². The van der Waals surface area contributed by atoms with Gasteiger partial charge in [0, 0.05) is 0 Å². The summed E-state index contributed by atoms with van der Waals surface area (Å²) < 4.78 is 0. The van der Waals surface area contributed by atoms with E-state index < -0.39 is 0 Å². The average Bonchev–Trinajstić information content (AvgIpc) is 2.79. The highest BCUT2D eigenvalue weighted by atomic mass is 14.2. The number of fused-ring (bicyclic) bond motifs is 2. The summed E-state index contributed by atoms with van der Waals surface area (Å²) in [5, 5.41) is 5.69. The number of hydrogen-bond acceptors (Lipinski definition) is 0. The second-order valence-electron chi connectivity index (χ2n) is 8.30. The van der Waals surface area contributed by atoms with Crippen molar-refractivity contribution in [3.05, 3.63) is 56.6 Å². The van der Waals surface area contributed by atoms with E-state index in [0.717, 1.165) is 38.5 Å². The second kappa shape index (κ2) is 9.63. The van der Waals surface area contributed by atoms with Gasteiger partial charge < -0.3 is 0 Å². The predicted octanol–water partition coefficient (Wildman–Crippen LogP) is 6.70. The molecule has 0 aliphatic rings. The van der Waals surface area contributed by atoms with E-state index in [-0.39, 0.29) is 0 Å². The van der Waals surface area contributed by atoms with Crippen molar-refractivity contribution in [1.82, 2.24) is 0 Å². The normalized spacial score (nSPS) is 11.7. The maximum absolute atomic E-state index is 6.26. The molecule has 3 aromatic rings. The zero-order chi connectivity index (χ0) is 22.0. The van der Waals surface area contributed by atoms with Gasteiger partial charge in [0.15, 0.2) is 0 Å². The van der Waals surface area contributed by atoms with E-state index in [1.807, 2.05) is 0 Å². The van der Waals surface area contributed by atoms with Crippen molar-refractivity contribution in [2.45, 2.75) is 92.7 Å². The van der Waals surface area contributed by atoms with Gasteiger partial charge in [-0.25, -0.2) is 0 Å². The summed E-state index contributed by atoms with van der Waals surface area (Å²) in [6.45, 7) is 13.7. The van der Waals surface area contributed by atoms with E-state index in [9.17, 15) is 0 Å². The molecule has 0 aliphatic heterocycles. The SMILES string of the molecule is [B]Cc1c(C[B])c(CC)c2cc3c(CC)c(CC)c(CC)c(CC)c3cc2c1CC. The van der Waals surface area contributed by atoms with Crippen LogP contribution in [0.3, 0.4) is 0 Å². The Balaban J connectivity index is 2.66. The highest BCUT2D eigenvalue weighted by Gasteiger charge is 2.20. The minimum Gasteiger partial charge on any atom is -0.0638 e. The molecule has 154 valence electrons. The van der Waals surface area contributed by atoms with Crippen molar-refractivity contribution in [3.8, 4) is 0 Å². The first-order valence-electron chi connectivity index (χ1n) is 12.0. The van der Waals surface area contributed by atoms with Crippen molar-refractivity contribution in [3.63, 3.8) is 0 Å². The third-order valence-electron chi connectivity index (χ3n) is 7.17. The molecule has 0 spiro atoms. The van der Waals surface area contributed by atoms with Crippen LogP contribution in [0.2, 0.25) is 0 Å². The standard InChI is InChI=1S/C28H36B2/c1-7-17-18(8-2)20(10-4)24-14-26-22(12-6)28(16-30)27(15-29)21(11-5)25(26)13-23(24)19(17)9-3/h13-14H,7-12,15-16H2,1-6H3. The molecule has 0 heterocycles. The molecule has 0 atom stereocenters. The monoisotopic (exact) mass is 394 g/mol. The van der Waals surface area contributed by atoms with Crippen molar-refractivity contribution in [2.24, 2.45) is 0 Å². The molecule has 0 amide bonds. The first kappa shape index (κ1) is 23.0. The minimum atomic E-state index is 0.562. The van der Waals surface area contributed by atoms with Gasteiger partial charge in [0.25, 0.3) is 0 Å². The lowest BCUT2D eigenvalue weighted by atomic mass is 9.76. The van der Waals surface area contributed by atoms with Crippen LogP contribution in [0.5, 0.6) is 0 Å². The zero-order valence-corrected chi connectivity index (χ0v) is 20.0. The van der Waals surface area contributed by atoms with E-state index in [1.54, 1.807) is 22.3 Å². The van der Waals surface area contributed by atoms with Gasteiger partial charge in [-0.3, -0.25) is 0 Å². The lowest BCUT2D eigenvalue weighted by molar-refractivity contribution is 0.961. The largest absolute Gasteiger partial charge is 0.0716 e. The first-order chi connectivity index (χ1) is 14.6.